The van der Waals surface area contributed by atoms with E-state index in [9.17, 15) is 23.9 Å². The summed E-state index contributed by atoms with van der Waals surface area (Å²) >= 11 is 5.80. The lowest BCUT2D eigenvalue weighted by Gasteiger charge is -2.26. The molecule has 3 rings (SSSR count). The molecule has 2 aromatic carbocycles. The summed E-state index contributed by atoms with van der Waals surface area (Å²) in [6.45, 7) is 0. The summed E-state index contributed by atoms with van der Waals surface area (Å²) in [6.07, 6.45) is 1.22. The van der Waals surface area contributed by atoms with Crippen LogP contribution >= 0.6 is 11.6 Å². The minimum Gasteiger partial charge on any atom is -0.506 e. The molecule has 0 unspecified atom stereocenters. The van der Waals surface area contributed by atoms with Gasteiger partial charge in [-0.3, -0.25) is 14.9 Å². The molecule has 4 amide bonds. The van der Waals surface area contributed by atoms with Crippen LogP contribution in [0.5, 0.6) is 5.75 Å². The smallest absolute Gasteiger partial charge is 0.335 e. The summed E-state index contributed by atoms with van der Waals surface area (Å²) in [5.74, 6) is -2.57. The number of carbonyl (C=O) groups excluding carboxylic acids is 3. The molecular weight excluding hydrogens is 351 g/mol. The highest BCUT2D eigenvalue weighted by Crippen LogP contribution is 2.26. The highest BCUT2D eigenvalue weighted by atomic mass is 35.5. The van der Waals surface area contributed by atoms with E-state index in [-0.39, 0.29) is 22.0 Å². The molecule has 25 heavy (non-hydrogen) atoms. The van der Waals surface area contributed by atoms with E-state index in [0.29, 0.717) is 10.5 Å². The van der Waals surface area contributed by atoms with Gasteiger partial charge in [0.25, 0.3) is 11.8 Å². The number of halogens is 2. The Hall–Kier alpha value is -3.19. The Kier molecular flexibility index (Phi) is 4.24. The zero-order valence-electron chi connectivity index (χ0n) is 12.5. The number of phenolic OH excluding ortho intramolecular Hbond substituents is 1. The number of aromatic hydroxyl groups is 1. The van der Waals surface area contributed by atoms with Crippen molar-refractivity contribution in [1.82, 2.24) is 5.32 Å². The lowest BCUT2D eigenvalue weighted by molar-refractivity contribution is -0.122. The van der Waals surface area contributed by atoms with Crippen LogP contribution in [0.3, 0.4) is 0 Å². The van der Waals surface area contributed by atoms with Crippen LogP contribution in [0.1, 0.15) is 5.56 Å². The Morgan fingerprint density at radius 2 is 1.88 bits per heavy atom. The van der Waals surface area contributed by atoms with Crippen molar-refractivity contribution >= 4 is 41.2 Å². The first-order valence-corrected chi connectivity index (χ1v) is 7.40. The van der Waals surface area contributed by atoms with Gasteiger partial charge < -0.3 is 5.11 Å². The molecule has 0 spiro atoms. The van der Waals surface area contributed by atoms with Gasteiger partial charge in [-0.15, -0.1) is 0 Å². The number of rotatable bonds is 2. The highest BCUT2D eigenvalue weighted by Gasteiger charge is 2.36. The maximum absolute atomic E-state index is 13.4. The van der Waals surface area contributed by atoms with Gasteiger partial charge >= 0.3 is 6.03 Å². The van der Waals surface area contributed by atoms with Gasteiger partial charge in [0.1, 0.15) is 17.1 Å². The standard InChI is InChI=1S/C17H10ClFN2O4/c18-13-7-9(4-5-14(13)22)6-12-15(23)20-17(25)21(16(12)24)11-3-1-2-10(19)8-11/h1-8,22H,(H,20,23,25). The third-order valence-electron chi connectivity index (χ3n) is 3.45. The molecule has 0 aromatic heterocycles. The molecule has 1 aliphatic heterocycles. The predicted octanol–water partition coefficient (Wildman–Crippen LogP) is 2.85. The lowest BCUT2D eigenvalue weighted by Crippen LogP contribution is -2.54. The number of nitrogens with zero attached hydrogens (tertiary/aromatic N) is 1. The molecule has 1 saturated heterocycles. The van der Waals surface area contributed by atoms with Gasteiger partial charge in [0, 0.05) is 0 Å². The van der Waals surface area contributed by atoms with Crippen molar-refractivity contribution in [3.63, 3.8) is 0 Å². The Bertz CT molecular complexity index is 942. The Morgan fingerprint density at radius 3 is 2.56 bits per heavy atom. The van der Waals surface area contributed by atoms with Crippen LogP contribution in [0.15, 0.2) is 48.0 Å². The highest BCUT2D eigenvalue weighted by molar-refractivity contribution is 6.39. The summed E-state index contributed by atoms with van der Waals surface area (Å²) in [5.41, 5.74) is 0.0325. The van der Waals surface area contributed by atoms with Crippen LogP contribution in [-0.4, -0.2) is 23.0 Å². The van der Waals surface area contributed by atoms with Crippen LogP contribution in [-0.2, 0) is 9.59 Å². The third kappa shape index (κ3) is 3.22. The number of phenols is 1. The van der Waals surface area contributed by atoms with Crippen molar-refractivity contribution in [3.8, 4) is 5.75 Å². The molecule has 0 saturated carbocycles. The number of anilines is 1. The number of imide groups is 2. The van der Waals surface area contributed by atoms with Gasteiger partial charge in [-0.25, -0.2) is 14.1 Å². The second-order valence-corrected chi connectivity index (χ2v) is 5.56. The molecule has 0 radical (unpaired) electrons. The second kappa shape index (κ2) is 6.37. The van der Waals surface area contributed by atoms with Gasteiger partial charge in [-0.1, -0.05) is 23.7 Å². The van der Waals surface area contributed by atoms with Crippen LogP contribution in [0.4, 0.5) is 14.9 Å². The van der Waals surface area contributed by atoms with E-state index in [1.54, 1.807) is 0 Å². The molecule has 2 N–H and O–H groups in total. The van der Waals surface area contributed by atoms with Gasteiger partial charge in [-0.05, 0) is 42.0 Å². The minimum atomic E-state index is -0.971. The van der Waals surface area contributed by atoms with Crippen molar-refractivity contribution in [1.29, 1.82) is 0 Å². The number of urea groups is 1. The van der Waals surface area contributed by atoms with E-state index >= 15 is 0 Å². The van der Waals surface area contributed by atoms with Gasteiger partial charge in [-0.2, -0.15) is 0 Å². The first kappa shape index (κ1) is 16.7. The number of amides is 4. The molecule has 6 nitrogen and oxygen atoms in total. The second-order valence-electron chi connectivity index (χ2n) is 5.15. The predicted molar refractivity (Wildman–Crippen MR) is 88.5 cm³/mol. The summed E-state index contributed by atoms with van der Waals surface area (Å²) in [7, 11) is 0. The fourth-order valence-electron chi connectivity index (χ4n) is 2.29. The van der Waals surface area contributed by atoms with Crippen LogP contribution in [0.2, 0.25) is 5.02 Å². The van der Waals surface area contributed by atoms with Crippen LogP contribution < -0.4 is 10.2 Å². The zero-order chi connectivity index (χ0) is 18.1. The van der Waals surface area contributed by atoms with Crippen LogP contribution in [0.25, 0.3) is 6.08 Å². The molecule has 0 atom stereocenters. The summed E-state index contributed by atoms with van der Waals surface area (Å²) in [6, 6.07) is 8.00. The molecule has 0 bridgehead atoms. The summed E-state index contributed by atoms with van der Waals surface area (Å²) in [4.78, 5) is 37.3. The van der Waals surface area contributed by atoms with Crippen molar-refractivity contribution in [2.75, 3.05) is 4.90 Å². The van der Waals surface area contributed by atoms with Crippen molar-refractivity contribution in [3.05, 3.63) is 64.4 Å². The maximum atomic E-state index is 13.4. The average molecular weight is 361 g/mol. The van der Waals surface area contributed by atoms with E-state index in [4.69, 9.17) is 11.6 Å². The van der Waals surface area contributed by atoms with Crippen molar-refractivity contribution in [2.45, 2.75) is 0 Å². The zero-order valence-corrected chi connectivity index (χ0v) is 13.2. The lowest BCUT2D eigenvalue weighted by atomic mass is 10.1. The maximum Gasteiger partial charge on any atom is 0.335 e. The summed E-state index contributed by atoms with van der Waals surface area (Å²) < 4.78 is 13.4. The van der Waals surface area contributed by atoms with Crippen molar-refractivity contribution < 1.29 is 23.9 Å². The number of hydrogen-bond donors (Lipinski definition) is 2. The first-order valence-electron chi connectivity index (χ1n) is 7.02. The Morgan fingerprint density at radius 1 is 1.12 bits per heavy atom. The normalized spacial score (nSPS) is 16.3. The van der Waals surface area contributed by atoms with E-state index in [0.717, 1.165) is 12.1 Å². The molecule has 126 valence electrons. The monoisotopic (exact) mass is 360 g/mol. The van der Waals surface area contributed by atoms with E-state index < -0.39 is 23.7 Å². The first-order chi connectivity index (χ1) is 11.9. The van der Waals surface area contributed by atoms with Gasteiger partial charge in [0.2, 0.25) is 0 Å². The number of benzene rings is 2. The number of nitrogens with one attached hydrogen (secondary N) is 1. The molecule has 2 aromatic rings. The Balaban J connectivity index is 2.03. The van der Waals surface area contributed by atoms with E-state index in [1.165, 1.54) is 36.4 Å². The molecule has 1 heterocycles. The largest absolute Gasteiger partial charge is 0.506 e. The topological polar surface area (TPSA) is 86.7 Å². The fraction of sp³-hybridized carbons (Fsp3) is 0. The number of carbonyl (C=O) groups is 3. The summed E-state index contributed by atoms with van der Waals surface area (Å²) in [5, 5.41) is 11.5. The Labute approximate surface area is 146 Å². The van der Waals surface area contributed by atoms with Crippen LogP contribution in [0, 0.1) is 5.82 Å². The third-order valence-corrected chi connectivity index (χ3v) is 3.75. The molecule has 1 aliphatic rings. The van der Waals surface area contributed by atoms with Gasteiger partial charge in [0.15, 0.2) is 0 Å². The molecule has 1 fully saturated rings. The van der Waals surface area contributed by atoms with Gasteiger partial charge in [0.05, 0.1) is 10.7 Å². The number of hydrogen-bond acceptors (Lipinski definition) is 4. The quantitative estimate of drug-likeness (QED) is 0.637. The fourth-order valence-corrected chi connectivity index (χ4v) is 2.48. The molecule has 8 heteroatoms. The van der Waals surface area contributed by atoms with Crippen molar-refractivity contribution in [2.24, 2.45) is 0 Å². The van der Waals surface area contributed by atoms with E-state index in [1.807, 2.05) is 5.32 Å². The van der Waals surface area contributed by atoms with E-state index in [2.05, 4.69) is 0 Å². The molecule has 0 aliphatic carbocycles. The SMILES string of the molecule is O=C1NC(=O)N(c2cccc(F)c2)C(=O)C1=Cc1ccc(O)c(Cl)c1. The average Bonchev–Trinajstić information content (AvgIpc) is 2.54. The number of barbiturate groups is 1. The minimum absolute atomic E-state index is 0.00959. The molecular formula is C17H10ClFN2O4.